The van der Waals surface area contributed by atoms with Crippen molar-refractivity contribution in [3.8, 4) is 0 Å². The third kappa shape index (κ3) is 2.60. The van der Waals surface area contributed by atoms with Gasteiger partial charge in [-0.25, -0.2) is 9.37 Å². The summed E-state index contributed by atoms with van der Waals surface area (Å²) in [7, 11) is 0. The van der Waals surface area contributed by atoms with Gasteiger partial charge < -0.3 is 10.2 Å². The van der Waals surface area contributed by atoms with Crippen LogP contribution >= 0.6 is 11.6 Å². The number of hydrogen-bond donors (Lipinski definition) is 1. The number of aryl methyl sites for hydroxylation is 2. The summed E-state index contributed by atoms with van der Waals surface area (Å²) in [6.45, 7) is 0. The molecule has 0 aliphatic rings. The number of oxazole rings is 1. The van der Waals surface area contributed by atoms with Crippen LogP contribution in [0.4, 0.5) is 10.1 Å². The molecular formula is C15H12ClFN2O. The Hall–Kier alpha value is -2.07. The summed E-state index contributed by atoms with van der Waals surface area (Å²) in [5, 5.41) is 0.0492. The van der Waals surface area contributed by atoms with E-state index in [0.29, 0.717) is 23.4 Å². The molecule has 0 fully saturated rings. The average molecular weight is 291 g/mol. The third-order valence-corrected chi connectivity index (χ3v) is 3.34. The van der Waals surface area contributed by atoms with E-state index in [1.54, 1.807) is 0 Å². The Morgan fingerprint density at radius 2 is 2.05 bits per heavy atom. The molecule has 102 valence electrons. The normalized spacial score (nSPS) is 11.1. The van der Waals surface area contributed by atoms with Gasteiger partial charge in [0.2, 0.25) is 0 Å². The maximum Gasteiger partial charge on any atom is 0.195 e. The van der Waals surface area contributed by atoms with Crippen LogP contribution in [0.3, 0.4) is 0 Å². The molecule has 5 heteroatoms. The van der Waals surface area contributed by atoms with Crippen molar-refractivity contribution in [2.75, 3.05) is 5.73 Å². The third-order valence-electron chi connectivity index (χ3n) is 3.05. The van der Waals surface area contributed by atoms with Gasteiger partial charge in [0.1, 0.15) is 11.3 Å². The molecule has 20 heavy (non-hydrogen) atoms. The van der Waals surface area contributed by atoms with Crippen molar-refractivity contribution in [1.29, 1.82) is 0 Å². The number of benzene rings is 2. The summed E-state index contributed by atoms with van der Waals surface area (Å²) in [4.78, 5) is 4.30. The Labute approximate surface area is 120 Å². The van der Waals surface area contributed by atoms with Gasteiger partial charge in [0.05, 0.1) is 5.02 Å². The van der Waals surface area contributed by atoms with Crippen LogP contribution in [0.25, 0.3) is 11.1 Å². The first-order chi connectivity index (χ1) is 9.61. The Morgan fingerprint density at radius 1 is 1.20 bits per heavy atom. The van der Waals surface area contributed by atoms with E-state index in [1.807, 2.05) is 24.3 Å². The van der Waals surface area contributed by atoms with Crippen LogP contribution in [0, 0.1) is 5.82 Å². The van der Waals surface area contributed by atoms with Crippen molar-refractivity contribution in [3.05, 3.63) is 58.7 Å². The Bertz CT molecular complexity index is 731. The number of anilines is 1. The van der Waals surface area contributed by atoms with Crippen LogP contribution in [0.15, 0.2) is 40.8 Å². The van der Waals surface area contributed by atoms with E-state index >= 15 is 0 Å². The van der Waals surface area contributed by atoms with E-state index in [4.69, 9.17) is 21.8 Å². The number of hydrogen-bond acceptors (Lipinski definition) is 3. The van der Waals surface area contributed by atoms with Crippen molar-refractivity contribution in [3.63, 3.8) is 0 Å². The zero-order valence-electron chi connectivity index (χ0n) is 10.6. The summed E-state index contributed by atoms with van der Waals surface area (Å²) in [5.41, 5.74) is 8.55. The number of fused-ring (bicyclic) bond motifs is 1. The smallest absolute Gasteiger partial charge is 0.195 e. The average Bonchev–Trinajstić information content (AvgIpc) is 2.79. The lowest BCUT2D eigenvalue weighted by atomic mass is 10.1. The highest BCUT2D eigenvalue weighted by molar-refractivity contribution is 6.31. The number of nitrogens with two attached hydrogens (primary N) is 1. The summed E-state index contributed by atoms with van der Waals surface area (Å²) in [6.07, 6.45) is 1.38. The van der Waals surface area contributed by atoms with E-state index in [2.05, 4.69) is 4.98 Å². The SMILES string of the molecule is Nc1cccc(CCc2nc3cc(Cl)c(F)cc3o2)c1. The van der Waals surface area contributed by atoms with Gasteiger partial charge in [0.15, 0.2) is 11.5 Å². The molecule has 0 unspecified atom stereocenters. The fourth-order valence-corrected chi connectivity index (χ4v) is 2.24. The Kier molecular flexibility index (Phi) is 3.32. The van der Waals surface area contributed by atoms with Gasteiger partial charge in [-0.15, -0.1) is 0 Å². The molecule has 2 N–H and O–H groups in total. The van der Waals surface area contributed by atoms with Crippen molar-refractivity contribution >= 4 is 28.4 Å². The first-order valence-electron chi connectivity index (χ1n) is 6.21. The van der Waals surface area contributed by atoms with Crippen LogP contribution in [0.1, 0.15) is 11.5 Å². The summed E-state index contributed by atoms with van der Waals surface area (Å²) >= 11 is 5.72. The van der Waals surface area contributed by atoms with Gasteiger partial charge >= 0.3 is 0 Å². The molecule has 3 aromatic rings. The molecule has 0 atom stereocenters. The van der Waals surface area contributed by atoms with E-state index in [9.17, 15) is 4.39 Å². The number of nitrogen functional groups attached to an aromatic ring is 1. The highest BCUT2D eigenvalue weighted by Gasteiger charge is 2.10. The molecule has 0 spiro atoms. The van der Waals surface area contributed by atoms with Crippen molar-refractivity contribution in [2.45, 2.75) is 12.8 Å². The molecule has 0 saturated carbocycles. The molecule has 1 aromatic heterocycles. The summed E-state index contributed by atoms with van der Waals surface area (Å²) < 4.78 is 18.8. The Morgan fingerprint density at radius 3 is 2.85 bits per heavy atom. The maximum atomic E-state index is 13.3. The second-order valence-electron chi connectivity index (χ2n) is 4.59. The minimum Gasteiger partial charge on any atom is -0.441 e. The lowest BCUT2D eigenvalue weighted by Gasteiger charge is -1.99. The van der Waals surface area contributed by atoms with E-state index in [1.165, 1.54) is 12.1 Å². The molecule has 0 bridgehead atoms. The predicted octanol–water partition coefficient (Wildman–Crippen LogP) is 3.99. The highest BCUT2D eigenvalue weighted by atomic mass is 35.5. The van der Waals surface area contributed by atoms with Gasteiger partial charge in [-0.2, -0.15) is 0 Å². The highest BCUT2D eigenvalue weighted by Crippen LogP contribution is 2.24. The number of halogens is 2. The first-order valence-corrected chi connectivity index (χ1v) is 6.58. The molecule has 0 saturated heterocycles. The van der Waals surface area contributed by atoms with Gasteiger partial charge in [-0.3, -0.25) is 0 Å². The molecule has 3 nitrogen and oxygen atoms in total. The molecular weight excluding hydrogens is 279 g/mol. The molecule has 0 radical (unpaired) electrons. The minimum absolute atomic E-state index is 0.0492. The molecule has 1 heterocycles. The molecule has 0 aliphatic heterocycles. The number of nitrogens with zero attached hydrogens (tertiary/aromatic N) is 1. The maximum absolute atomic E-state index is 13.3. The molecule has 3 rings (SSSR count). The predicted molar refractivity (Wildman–Crippen MR) is 77.2 cm³/mol. The zero-order valence-corrected chi connectivity index (χ0v) is 11.3. The van der Waals surface area contributed by atoms with Gasteiger partial charge in [-0.05, 0) is 30.2 Å². The first kappa shape index (κ1) is 12.9. The zero-order chi connectivity index (χ0) is 14.1. The van der Waals surface area contributed by atoms with Crippen LogP contribution in [-0.4, -0.2) is 4.98 Å². The monoisotopic (exact) mass is 290 g/mol. The molecule has 2 aromatic carbocycles. The summed E-state index contributed by atoms with van der Waals surface area (Å²) in [5.74, 6) is 0.0572. The van der Waals surface area contributed by atoms with Crippen molar-refractivity contribution < 1.29 is 8.81 Å². The Balaban J connectivity index is 1.81. The largest absolute Gasteiger partial charge is 0.441 e. The van der Waals surface area contributed by atoms with Crippen molar-refractivity contribution in [1.82, 2.24) is 4.98 Å². The lowest BCUT2D eigenvalue weighted by Crippen LogP contribution is -1.93. The van der Waals surface area contributed by atoms with E-state index in [-0.39, 0.29) is 5.02 Å². The van der Waals surface area contributed by atoms with E-state index < -0.39 is 5.82 Å². The fourth-order valence-electron chi connectivity index (χ4n) is 2.08. The summed E-state index contributed by atoms with van der Waals surface area (Å²) in [6, 6.07) is 10.4. The van der Waals surface area contributed by atoms with Crippen molar-refractivity contribution in [2.24, 2.45) is 0 Å². The van der Waals surface area contributed by atoms with Crippen LogP contribution < -0.4 is 5.73 Å². The second-order valence-corrected chi connectivity index (χ2v) is 4.99. The number of aromatic nitrogens is 1. The molecule has 0 aliphatic carbocycles. The number of rotatable bonds is 3. The van der Waals surface area contributed by atoms with Gasteiger partial charge in [0, 0.05) is 18.2 Å². The van der Waals surface area contributed by atoms with Crippen LogP contribution in [-0.2, 0) is 12.8 Å². The van der Waals surface area contributed by atoms with Crippen LogP contribution in [0.2, 0.25) is 5.02 Å². The topological polar surface area (TPSA) is 52.0 Å². The van der Waals surface area contributed by atoms with Gasteiger partial charge in [0.25, 0.3) is 0 Å². The molecule has 0 amide bonds. The minimum atomic E-state index is -0.502. The fraction of sp³-hybridized carbons (Fsp3) is 0.133. The standard InChI is InChI=1S/C15H12ClFN2O/c16-11-7-13-14(8-12(11)17)20-15(19-13)5-4-9-2-1-3-10(18)6-9/h1-3,6-8H,4-5,18H2. The lowest BCUT2D eigenvalue weighted by molar-refractivity contribution is 0.525. The van der Waals surface area contributed by atoms with E-state index in [0.717, 1.165) is 17.7 Å². The van der Waals surface area contributed by atoms with Gasteiger partial charge in [-0.1, -0.05) is 23.7 Å². The van der Waals surface area contributed by atoms with Crippen LogP contribution in [0.5, 0.6) is 0 Å². The quantitative estimate of drug-likeness (QED) is 0.742. The second kappa shape index (κ2) is 5.13.